The molecule has 1 N–H and O–H groups in total. The maximum absolute atomic E-state index is 13.0. The maximum atomic E-state index is 13.0. The Morgan fingerprint density at radius 2 is 1.67 bits per heavy atom. The third kappa shape index (κ3) is 6.06. The Bertz CT molecular complexity index is 1060. The predicted octanol–water partition coefficient (Wildman–Crippen LogP) is 5.56. The van der Waals surface area contributed by atoms with E-state index >= 15 is 0 Å². The van der Waals surface area contributed by atoms with Crippen molar-refractivity contribution in [2.45, 2.75) is 47.2 Å². The Morgan fingerprint density at radius 3 is 2.27 bits per heavy atom. The minimum absolute atomic E-state index is 0.0459. The van der Waals surface area contributed by atoms with Gasteiger partial charge in [-0.2, -0.15) is 5.10 Å². The quantitative estimate of drug-likeness (QED) is 0.464. The van der Waals surface area contributed by atoms with Gasteiger partial charge in [-0.3, -0.25) is 0 Å². The fourth-order valence-corrected chi connectivity index (χ4v) is 3.57. The summed E-state index contributed by atoms with van der Waals surface area (Å²) in [6.07, 6.45) is 0. The Balaban J connectivity index is 2.08. The Hall–Kier alpha value is -3.48. The van der Waals surface area contributed by atoms with E-state index in [9.17, 15) is 4.79 Å². The molecule has 7 nitrogen and oxygen atoms in total. The number of benzene rings is 2. The van der Waals surface area contributed by atoms with Crippen LogP contribution >= 0.6 is 0 Å². The molecule has 2 aromatic carbocycles. The molecule has 0 aliphatic rings. The zero-order chi connectivity index (χ0) is 24.0. The summed E-state index contributed by atoms with van der Waals surface area (Å²) in [5.74, 6) is 2.08. The second-order valence-corrected chi connectivity index (χ2v) is 8.75. The molecule has 1 heterocycles. The van der Waals surface area contributed by atoms with Crippen molar-refractivity contribution in [3.63, 3.8) is 0 Å². The summed E-state index contributed by atoms with van der Waals surface area (Å²) in [6, 6.07) is 17.3. The van der Waals surface area contributed by atoms with E-state index in [1.165, 1.54) is 0 Å². The minimum atomic E-state index is -0.103. The highest BCUT2D eigenvalue weighted by molar-refractivity contribution is 5.74. The van der Waals surface area contributed by atoms with Gasteiger partial charge in [0.15, 0.2) is 11.5 Å². The standard InChI is InChI=1S/C26H34N4O3/c1-18(2)16-29(26(31)27-19(3)4)17-22-20(5)28-30(21-12-8-7-9-13-21)25(22)33-24-15-11-10-14-23(24)32-6/h7-15,18-19H,16-17H2,1-6H3,(H,27,31). The smallest absolute Gasteiger partial charge is 0.317 e. The molecule has 0 spiro atoms. The summed E-state index contributed by atoms with van der Waals surface area (Å²) in [7, 11) is 1.61. The van der Waals surface area contributed by atoms with Gasteiger partial charge < -0.3 is 19.7 Å². The summed E-state index contributed by atoms with van der Waals surface area (Å²) in [5, 5.41) is 7.79. The van der Waals surface area contributed by atoms with Gasteiger partial charge in [-0.25, -0.2) is 9.48 Å². The zero-order valence-electron chi connectivity index (χ0n) is 20.3. The lowest BCUT2D eigenvalue weighted by Crippen LogP contribution is -2.44. The normalized spacial score (nSPS) is 11.0. The molecular weight excluding hydrogens is 416 g/mol. The molecule has 1 aromatic heterocycles. The second kappa shape index (κ2) is 10.9. The fraction of sp³-hybridized carbons (Fsp3) is 0.385. The molecule has 0 aliphatic heterocycles. The lowest BCUT2D eigenvalue weighted by Gasteiger charge is -2.26. The van der Waals surface area contributed by atoms with Crippen LogP contribution in [0.4, 0.5) is 4.79 Å². The second-order valence-electron chi connectivity index (χ2n) is 8.75. The van der Waals surface area contributed by atoms with Crippen molar-refractivity contribution in [1.29, 1.82) is 0 Å². The van der Waals surface area contributed by atoms with Gasteiger partial charge in [-0.15, -0.1) is 0 Å². The molecule has 3 rings (SSSR count). The number of nitrogens with zero attached hydrogens (tertiary/aromatic N) is 3. The van der Waals surface area contributed by atoms with Gasteiger partial charge in [0.05, 0.1) is 30.6 Å². The third-order valence-corrected chi connectivity index (χ3v) is 5.05. The molecule has 2 amide bonds. The highest BCUT2D eigenvalue weighted by Gasteiger charge is 2.25. The number of ether oxygens (including phenoxy) is 2. The van der Waals surface area contributed by atoms with Gasteiger partial charge in [0.1, 0.15) is 0 Å². The van der Waals surface area contributed by atoms with Crippen LogP contribution in [0.25, 0.3) is 5.69 Å². The summed E-state index contributed by atoms with van der Waals surface area (Å²) in [6.45, 7) is 11.0. The lowest BCUT2D eigenvalue weighted by atomic mass is 10.1. The van der Waals surface area contributed by atoms with Crippen molar-refractivity contribution in [3.8, 4) is 23.1 Å². The van der Waals surface area contributed by atoms with E-state index in [0.717, 1.165) is 16.9 Å². The topological polar surface area (TPSA) is 68.6 Å². The number of hydrogen-bond donors (Lipinski definition) is 1. The van der Waals surface area contributed by atoms with Crippen LogP contribution in [0.5, 0.6) is 17.4 Å². The summed E-state index contributed by atoms with van der Waals surface area (Å²) in [4.78, 5) is 14.8. The van der Waals surface area contributed by atoms with E-state index in [2.05, 4.69) is 19.2 Å². The van der Waals surface area contributed by atoms with E-state index in [0.29, 0.717) is 36.4 Å². The Kier molecular flexibility index (Phi) is 7.98. The van der Waals surface area contributed by atoms with Gasteiger partial charge in [-0.1, -0.05) is 44.2 Å². The number of amides is 2. The first kappa shape index (κ1) is 24.2. The average Bonchev–Trinajstić information content (AvgIpc) is 3.08. The van der Waals surface area contributed by atoms with Crippen LogP contribution in [0.2, 0.25) is 0 Å². The number of nitrogens with one attached hydrogen (secondary N) is 1. The third-order valence-electron chi connectivity index (χ3n) is 5.05. The molecule has 0 aliphatic carbocycles. The molecular formula is C26H34N4O3. The van der Waals surface area contributed by atoms with Gasteiger partial charge >= 0.3 is 6.03 Å². The number of carbonyl (C=O) groups excluding carboxylic acids is 1. The van der Waals surface area contributed by atoms with E-state index in [1.807, 2.05) is 80.3 Å². The molecule has 7 heteroatoms. The van der Waals surface area contributed by atoms with Gasteiger partial charge in [0.2, 0.25) is 5.88 Å². The summed E-state index contributed by atoms with van der Waals surface area (Å²) >= 11 is 0. The fourth-order valence-electron chi connectivity index (χ4n) is 3.57. The van der Waals surface area contributed by atoms with E-state index in [4.69, 9.17) is 14.6 Å². The van der Waals surface area contributed by atoms with Crippen molar-refractivity contribution < 1.29 is 14.3 Å². The maximum Gasteiger partial charge on any atom is 0.317 e. The van der Waals surface area contributed by atoms with E-state index in [1.54, 1.807) is 11.8 Å². The van der Waals surface area contributed by atoms with Crippen molar-refractivity contribution >= 4 is 6.03 Å². The van der Waals surface area contributed by atoms with Gasteiger partial charge in [0.25, 0.3) is 0 Å². The van der Waals surface area contributed by atoms with Gasteiger partial charge in [-0.05, 0) is 51.0 Å². The first-order valence-corrected chi connectivity index (χ1v) is 11.3. The number of urea groups is 1. The van der Waals surface area contributed by atoms with Crippen LogP contribution in [0.1, 0.15) is 39.0 Å². The molecule has 176 valence electrons. The molecule has 0 saturated heterocycles. The number of para-hydroxylation sites is 3. The molecule has 0 fully saturated rings. The number of methoxy groups -OCH3 is 1. The number of hydrogen-bond acceptors (Lipinski definition) is 4. The number of rotatable bonds is 9. The monoisotopic (exact) mass is 450 g/mol. The van der Waals surface area contributed by atoms with Crippen LogP contribution in [-0.2, 0) is 6.54 Å². The lowest BCUT2D eigenvalue weighted by molar-refractivity contribution is 0.184. The van der Waals surface area contributed by atoms with Crippen molar-refractivity contribution in [2.24, 2.45) is 5.92 Å². The Labute approximate surface area is 196 Å². The van der Waals surface area contributed by atoms with Crippen LogP contribution in [0.15, 0.2) is 54.6 Å². The molecule has 0 bridgehead atoms. The molecule has 0 atom stereocenters. The minimum Gasteiger partial charge on any atom is -0.493 e. The van der Waals surface area contributed by atoms with Gasteiger partial charge in [0, 0.05) is 12.6 Å². The SMILES string of the molecule is COc1ccccc1Oc1c(CN(CC(C)C)C(=O)NC(C)C)c(C)nn1-c1ccccc1. The number of carbonyl (C=O) groups is 1. The first-order valence-electron chi connectivity index (χ1n) is 11.3. The Morgan fingerprint density at radius 1 is 1.03 bits per heavy atom. The first-order chi connectivity index (χ1) is 15.8. The number of aryl methyl sites for hydroxylation is 1. The van der Waals surface area contributed by atoms with Crippen molar-refractivity contribution in [3.05, 3.63) is 65.9 Å². The largest absolute Gasteiger partial charge is 0.493 e. The zero-order valence-corrected chi connectivity index (χ0v) is 20.3. The summed E-state index contributed by atoms with van der Waals surface area (Å²) < 4.78 is 13.7. The highest BCUT2D eigenvalue weighted by atomic mass is 16.5. The van der Waals surface area contributed by atoms with Crippen LogP contribution in [0.3, 0.4) is 0 Å². The highest BCUT2D eigenvalue weighted by Crippen LogP contribution is 2.36. The molecule has 0 unspecified atom stereocenters. The average molecular weight is 451 g/mol. The number of aromatic nitrogens is 2. The van der Waals surface area contributed by atoms with Crippen molar-refractivity contribution in [1.82, 2.24) is 20.0 Å². The predicted molar refractivity (Wildman–Crippen MR) is 130 cm³/mol. The van der Waals surface area contributed by atoms with Crippen LogP contribution < -0.4 is 14.8 Å². The summed E-state index contributed by atoms with van der Waals surface area (Å²) in [5.41, 5.74) is 2.53. The van der Waals surface area contributed by atoms with E-state index in [-0.39, 0.29) is 12.1 Å². The van der Waals surface area contributed by atoms with E-state index < -0.39 is 0 Å². The molecule has 3 aromatic rings. The molecule has 0 radical (unpaired) electrons. The molecule has 0 saturated carbocycles. The molecule has 33 heavy (non-hydrogen) atoms. The van der Waals surface area contributed by atoms with Crippen LogP contribution in [-0.4, -0.2) is 40.4 Å². The van der Waals surface area contributed by atoms with Crippen LogP contribution in [0, 0.1) is 12.8 Å². The van der Waals surface area contributed by atoms with Crippen molar-refractivity contribution in [2.75, 3.05) is 13.7 Å².